The highest BCUT2D eigenvalue weighted by molar-refractivity contribution is 7.11. The minimum atomic E-state index is -0.503. The number of nitrogens with zero attached hydrogens (tertiary/aromatic N) is 2. The summed E-state index contributed by atoms with van der Waals surface area (Å²) in [6.45, 7) is 2.17. The number of hydrogen-bond donors (Lipinski definition) is 0. The number of aryl methyl sites for hydroxylation is 1. The van der Waals surface area contributed by atoms with Crippen LogP contribution in [-0.2, 0) is 14.3 Å². The van der Waals surface area contributed by atoms with Crippen LogP contribution in [0.2, 0.25) is 0 Å². The van der Waals surface area contributed by atoms with Crippen LogP contribution in [0, 0.1) is 36.0 Å². The maximum Gasteiger partial charge on any atom is 0.331 e. The van der Waals surface area contributed by atoms with Gasteiger partial charge in [0.15, 0.2) is 6.61 Å². The molecule has 4 saturated carbocycles. The van der Waals surface area contributed by atoms with Gasteiger partial charge in [-0.05, 0) is 86.3 Å². The quantitative estimate of drug-likeness (QED) is 0.494. The Bertz CT molecular complexity index is 815. The lowest BCUT2D eigenvalue weighted by Gasteiger charge is -2.60. The van der Waals surface area contributed by atoms with Gasteiger partial charge >= 0.3 is 5.97 Å². The summed E-state index contributed by atoms with van der Waals surface area (Å²) in [5, 5.41) is 11.1. The molecule has 1 heterocycles. The van der Waals surface area contributed by atoms with E-state index in [0.29, 0.717) is 30.7 Å². The number of rotatable bonds is 7. The number of nitriles is 1. The van der Waals surface area contributed by atoms with Gasteiger partial charge in [-0.3, -0.25) is 4.79 Å². The molecule has 1 aromatic heterocycles. The molecule has 1 aromatic rings. The lowest BCUT2D eigenvalue weighted by Crippen LogP contribution is -2.62. The van der Waals surface area contributed by atoms with Gasteiger partial charge in [0.25, 0.3) is 5.91 Å². The predicted octanol–water partition coefficient (Wildman–Crippen LogP) is 4.32. The van der Waals surface area contributed by atoms with E-state index in [1.807, 2.05) is 23.3 Å². The molecule has 5 rings (SSSR count). The van der Waals surface area contributed by atoms with Gasteiger partial charge in [0.1, 0.15) is 0 Å². The summed E-state index contributed by atoms with van der Waals surface area (Å²) in [5.41, 5.74) is 0.985. The third-order valence-electron chi connectivity index (χ3n) is 6.94. The Balaban J connectivity index is 1.40. The molecule has 6 heteroatoms. The SMILES string of the molecule is Cc1ccsc1/C=C/C(=O)OCC(=O)N(CCC#N)C12CC3CC(CC(C3)C1)C2. The van der Waals surface area contributed by atoms with Crippen LogP contribution < -0.4 is 0 Å². The largest absolute Gasteiger partial charge is 0.452 e. The lowest BCUT2D eigenvalue weighted by molar-refractivity contribution is -0.160. The number of hydrogen-bond acceptors (Lipinski definition) is 5. The third-order valence-corrected chi connectivity index (χ3v) is 7.92. The monoisotopic (exact) mass is 412 g/mol. The van der Waals surface area contributed by atoms with Gasteiger partial charge < -0.3 is 9.64 Å². The molecule has 0 atom stereocenters. The molecule has 4 bridgehead atoms. The van der Waals surface area contributed by atoms with E-state index in [0.717, 1.165) is 29.7 Å². The number of amides is 1. The van der Waals surface area contributed by atoms with Crippen molar-refractivity contribution in [3.05, 3.63) is 28.0 Å². The first kappa shape index (κ1) is 20.2. The predicted molar refractivity (Wildman–Crippen MR) is 112 cm³/mol. The maximum absolute atomic E-state index is 13.1. The Morgan fingerprint density at radius 3 is 2.48 bits per heavy atom. The Labute approximate surface area is 176 Å². The van der Waals surface area contributed by atoms with Crippen LogP contribution in [-0.4, -0.2) is 35.5 Å². The molecule has 0 aromatic carbocycles. The number of thiophene rings is 1. The highest BCUT2D eigenvalue weighted by atomic mass is 32.1. The van der Waals surface area contributed by atoms with Crippen molar-refractivity contribution in [3.8, 4) is 6.07 Å². The standard InChI is InChI=1S/C23H28N2O3S/c1-16-5-8-29-20(16)3-4-22(27)28-15-21(26)25(7-2-6-24)23-12-17-9-18(13-23)11-19(10-17)14-23/h3-5,8,17-19H,2,7,9-15H2,1H3/b4-3+. The second-order valence-corrected chi connectivity index (χ2v) is 9.95. The number of carbonyl (C=O) groups excluding carboxylic acids is 2. The van der Waals surface area contributed by atoms with E-state index in [2.05, 4.69) is 6.07 Å². The summed E-state index contributed by atoms with van der Waals surface area (Å²) in [7, 11) is 0. The van der Waals surface area contributed by atoms with Crippen molar-refractivity contribution in [3.63, 3.8) is 0 Å². The normalized spacial score (nSPS) is 29.7. The molecule has 0 radical (unpaired) electrons. The molecule has 0 aliphatic heterocycles. The Kier molecular flexibility index (Phi) is 5.78. The maximum atomic E-state index is 13.1. The van der Waals surface area contributed by atoms with Gasteiger partial charge in [-0.25, -0.2) is 4.79 Å². The average molecular weight is 413 g/mol. The summed E-state index contributed by atoms with van der Waals surface area (Å²) in [5.74, 6) is 1.46. The molecule has 5 nitrogen and oxygen atoms in total. The summed E-state index contributed by atoms with van der Waals surface area (Å²) in [6.07, 6.45) is 10.4. The number of carbonyl (C=O) groups is 2. The van der Waals surface area contributed by atoms with E-state index in [-0.39, 0.29) is 18.1 Å². The van der Waals surface area contributed by atoms with Gasteiger partial charge in [-0.15, -0.1) is 11.3 Å². The molecule has 29 heavy (non-hydrogen) atoms. The number of esters is 1. The van der Waals surface area contributed by atoms with Crippen molar-refractivity contribution >= 4 is 29.3 Å². The first-order chi connectivity index (χ1) is 14.0. The smallest absolute Gasteiger partial charge is 0.331 e. The molecule has 0 unspecified atom stereocenters. The second kappa shape index (κ2) is 8.31. The molecule has 154 valence electrons. The van der Waals surface area contributed by atoms with Gasteiger partial charge in [0, 0.05) is 23.0 Å². The lowest BCUT2D eigenvalue weighted by atomic mass is 9.52. The summed E-state index contributed by atoms with van der Waals surface area (Å²) in [4.78, 5) is 28.1. The molecule has 0 spiro atoms. The van der Waals surface area contributed by atoms with Crippen molar-refractivity contribution in [2.75, 3.05) is 13.2 Å². The highest BCUT2D eigenvalue weighted by Crippen LogP contribution is 2.57. The molecule has 4 aliphatic carbocycles. The van der Waals surface area contributed by atoms with E-state index >= 15 is 0 Å². The Morgan fingerprint density at radius 1 is 1.28 bits per heavy atom. The van der Waals surface area contributed by atoms with Crippen molar-refractivity contribution < 1.29 is 14.3 Å². The summed E-state index contributed by atoms with van der Waals surface area (Å²) in [6, 6.07) is 4.18. The van der Waals surface area contributed by atoms with E-state index in [4.69, 9.17) is 10.00 Å². The van der Waals surface area contributed by atoms with E-state index in [1.54, 1.807) is 17.4 Å². The third kappa shape index (κ3) is 4.25. The van der Waals surface area contributed by atoms with Crippen LogP contribution >= 0.6 is 11.3 Å². The molecule has 4 fully saturated rings. The zero-order chi connectivity index (χ0) is 20.4. The highest BCUT2D eigenvalue weighted by Gasteiger charge is 2.54. The molecule has 0 saturated heterocycles. The molecular formula is C23H28N2O3S. The van der Waals surface area contributed by atoms with Crippen molar-refractivity contribution in [1.29, 1.82) is 5.26 Å². The topological polar surface area (TPSA) is 70.4 Å². The van der Waals surface area contributed by atoms with Crippen molar-refractivity contribution in [1.82, 2.24) is 4.90 Å². The van der Waals surface area contributed by atoms with E-state index < -0.39 is 5.97 Å². The summed E-state index contributed by atoms with van der Waals surface area (Å²) < 4.78 is 5.27. The number of ether oxygens (including phenoxy) is 1. The second-order valence-electron chi connectivity index (χ2n) is 9.00. The average Bonchev–Trinajstić information content (AvgIpc) is 3.08. The van der Waals surface area contributed by atoms with Crippen LogP contribution in [0.15, 0.2) is 17.5 Å². The fraction of sp³-hybridized carbons (Fsp3) is 0.609. The fourth-order valence-electron chi connectivity index (χ4n) is 6.14. The van der Waals surface area contributed by atoms with Gasteiger partial charge in [-0.2, -0.15) is 5.26 Å². The van der Waals surface area contributed by atoms with E-state index in [1.165, 1.54) is 25.3 Å². The van der Waals surface area contributed by atoms with Crippen molar-refractivity contribution in [2.45, 2.75) is 57.4 Å². The first-order valence-electron chi connectivity index (χ1n) is 10.6. The van der Waals surface area contributed by atoms with Crippen LogP contribution in [0.1, 0.15) is 55.4 Å². The fourth-order valence-corrected chi connectivity index (χ4v) is 6.96. The van der Waals surface area contributed by atoms with Gasteiger partial charge in [-0.1, -0.05) is 0 Å². The minimum absolute atomic E-state index is 0.126. The van der Waals surface area contributed by atoms with Crippen LogP contribution in [0.3, 0.4) is 0 Å². The molecular weight excluding hydrogens is 384 g/mol. The first-order valence-corrected chi connectivity index (χ1v) is 11.4. The van der Waals surface area contributed by atoms with Crippen LogP contribution in [0.25, 0.3) is 6.08 Å². The van der Waals surface area contributed by atoms with Crippen molar-refractivity contribution in [2.24, 2.45) is 17.8 Å². The summed E-state index contributed by atoms with van der Waals surface area (Å²) >= 11 is 1.56. The molecule has 1 amide bonds. The van der Waals surface area contributed by atoms with Gasteiger partial charge in [0.05, 0.1) is 12.5 Å². The molecule has 0 N–H and O–H groups in total. The van der Waals surface area contributed by atoms with Gasteiger partial charge in [0.2, 0.25) is 0 Å². The van der Waals surface area contributed by atoms with Crippen LogP contribution in [0.4, 0.5) is 0 Å². The molecule has 4 aliphatic rings. The minimum Gasteiger partial charge on any atom is -0.452 e. The zero-order valence-corrected chi connectivity index (χ0v) is 17.7. The zero-order valence-electron chi connectivity index (χ0n) is 16.9. The van der Waals surface area contributed by atoms with Crippen LogP contribution in [0.5, 0.6) is 0 Å². The Morgan fingerprint density at radius 2 is 1.93 bits per heavy atom. The van der Waals surface area contributed by atoms with E-state index in [9.17, 15) is 9.59 Å². The Hall–Kier alpha value is -2.13.